The van der Waals surface area contributed by atoms with E-state index in [9.17, 15) is 4.79 Å². The summed E-state index contributed by atoms with van der Waals surface area (Å²) in [6.45, 7) is 3.55. The number of thioether (sulfide) groups is 1. The van der Waals surface area contributed by atoms with Crippen molar-refractivity contribution >= 4 is 56.8 Å². The zero-order valence-electron chi connectivity index (χ0n) is 16.4. The third kappa shape index (κ3) is 4.29. The number of benzene rings is 3. The van der Waals surface area contributed by atoms with Crippen molar-refractivity contribution < 1.29 is 9.53 Å². The van der Waals surface area contributed by atoms with Gasteiger partial charge in [0.15, 0.2) is 5.17 Å². The van der Waals surface area contributed by atoms with E-state index in [1.54, 1.807) is 11.0 Å². The second-order valence-corrected chi connectivity index (χ2v) is 8.51. The number of carbonyl (C=O) groups is 1. The minimum Gasteiger partial charge on any atom is -0.493 e. The van der Waals surface area contributed by atoms with Crippen LogP contribution in [0.5, 0.6) is 5.75 Å². The van der Waals surface area contributed by atoms with E-state index in [1.165, 1.54) is 11.8 Å². The summed E-state index contributed by atoms with van der Waals surface area (Å²) in [5, 5.41) is 3.65. The Labute approximate surface area is 189 Å². The highest BCUT2D eigenvalue weighted by atomic mass is 35.5. The van der Waals surface area contributed by atoms with Crippen LogP contribution in [0, 0.1) is 0 Å². The van der Waals surface area contributed by atoms with Gasteiger partial charge in [-0.1, -0.05) is 71.4 Å². The molecule has 1 amide bonds. The van der Waals surface area contributed by atoms with Crippen molar-refractivity contribution in [1.82, 2.24) is 4.90 Å². The first kappa shape index (κ1) is 21.0. The molecule has 3 aromatic carbocycles. The second kappa shape index (κ2) is 9.29. The molecule has 0 unspecified atom stereocenters. The Morgan fingerprint density at radius 1 is 1.13 bits per heavy atom. The van der Waals surface area contributed by atoms with Crippen LogP contribution < -0.4 is 4.74 Å². The standard InChI is InChI=1S/C23H20Cl2N2O2S/c1-2-29-20-10-8-16-5-3-4-6-17(16)21(20)22(28)27-12-11-26-23(27)30-14-15-7-9-18(24)19(25)13-15/h3-10,13H,2,11-12,14H2,1H3. The van der Waals surface area contributed by atoms with E-state index < -0.39 is 0 Å². The van der Waals surface area contributed by atoms with Crippen molar-refractivity contribution in [3.05, 3.63) is 75.8 Å². The molecule has 0 spiro atoms. The molecule has 0 bridgehead atoms. The van der Waals surface area contributed by atoms with Gasteiger partial charge in [0.25, 0.3) is 5.91 Å². The van der Waals surface area contributed by atoms with E-state index in [1.807, 2.05) is 55.5 Å². The van der Waals surface area contributed by atoms with E-state index in [-0.39, 0.29) is 5.91 Å². The van der Waals surface area contributed by atoms with Gasteiger partial charge in [0.1, 0.15) is 5.75 Å². The SMILES string of the molecule is CCOc1ccc2ccccc2c1C(=O)N1CCN=C1SCc1ccc(Cl)c(Cl)c1. The van der Waals surface area contributed by atoms with Gasteiger partial charge in [-0.15, -0.1) is 0 Å². The Balaban J connectivity index is 1.60. The summed E-state index contributed by atoms with van der Waals surface area (Å²) in [5.74, 6) is 1.16. The van der Waals surface area contributed by atoms with Gasteiger partial charge in [0.2, 0.25) is 0 Å². The van der Waals surface area contributed by atoms with E-state index in [0.717, 1.165) is 16.3 Å². The molecule has 0 aliphatic carbocycles. The lowest BCUT2D eigenvalue weighted by atomic mass is 10.0. The Bertz CT molecular complexity index is 1130. The zero-order chi connectivity index (χ0) is 21.1. The molecule has 4 rings (SSSR count). The van der Waals surface area contributed by atoms with Crippen molar-refractivity contribution in [2.24, 2.45) is 4.99 Å². The second-order valence-electron chi connectivity index (χ2n) is 6.75. The number of amides is 1. The molecule has 0 aromatic heterocycles. The monoisotopic (exact) mass is 458 g/mol. The highest BCUT2D eigenvalue weighted by Crippen LogP contribution is 2.32. The summed E-state index contributed by atoms with van der Waals surface area (Å²) in [5.41, 5.74) is 1.61. The molecule has 154 valence electrons. The molecule has 1 aliphatic rings. The first-order valence-corrected chi connectivity index (χ1v) is 11.4. The summed E-state index contributed by atoms with van der Waals surface area (Å²) >= 11 is 13.6. The number of fused-ring (bicyclic) bond motifs is 1. The van der Waals surface area contributed by atoms with Gasteiger partial charge in [-0.25, -0.2) is 0 Å². The number of rotatable bonds is 5. The third-order valence-electron chi connectivity index (χ3n) is 4.80. The molecule has 0 saturated carbocycles. The number of amidine groups is 1. The molecule has 4 nitrogen and oxygen atoms in total. The summed E-state index contributed by atoms with van der Waals surface area (Å²) in [6, 6.07) is 17.3. The van der Waals surface area contributed by atoms with Gasteiger partial charge in [0, 0.05) is 12.3 Å². The maximum absolute atomic E-state index is 13.6. The Kier molecular flexibility index (Phi) is 6.52. The normalized spacial score (nSPS) is 13.6. The van der Waals surface area contributed by atoms with E-state index in [2.05, 4.69) is 4.99 Å². The summed E-state index contributed by atoms with van der Waals surface area (Å²) in [4.78, 5) is 19.9. The number of hydrogen-bond donors (Lipinski definition) is 0. The first-order chi connectivity index (χ1) is 14.6. The minimum absolute atomic E-state index is 0.0897. The van der Waals surface area contributed by atoms with Crippen LogP contribution >= 0.6 is 35.0 Å². The number of halogens is 2. The average Bonchev–Trinajstić information content (AvgIpc) is 3.23. The van der Waals surface area contributed by atoms with Crippen LogP contribution in [0.15, 0.2) is 59.6 Å². The molecule has 0 N–H and O–H groups in total. The fourth-order valence-electron chi connectivity index (χ4n) is 3.40. The van der Waals surface area contributed by atoms with Crippen molar-refractivity contribution in [2.45, 2.75) is 12.7 Å². The fourth-order valence-corrected chi connectivity index (χ4v) is 4.71. The van der Waals surface area contributed by atoms with Crippen LogP contribution in [0.1, 0.15) is 22.8 Å². The van der Waals surface area contributed by atoms with Gasteiger partial charge in [-0.3, -0.25) is 14.7 Å². The molecular formula is C23H20Cl2N2O2S. The highest BCUT2D eigenvalue weighted by Gasteiger charge is 2.28. The Morgan fingerprint density at radius 3 is 2.77 bits per heavy atom. The quantitative estimate of drug-likeness (QED) is 0.450. The van der Waals surface area contributed by atoms with Gasteiger partial charge in [-0.05, 0) is 41.5 Å². The van der Waals surface area contributed by atoms with E-state index in [0.29, 0.717) is 52.0 Å². The lowest BCUT2D eigenvalue weighted by Crippen LogP contribution is -2.33. The van der Waals surface area contributed by atoms with Gasteiger partial charge < -0.3 is 4.74 Å². The molecule has 3 aromatic rings. The van der Waals surface area contributed by atoms with Crippen LogP contribution in [-0.4, -0.2) is 35.7 Å². The summed E-state index contributed by atoms with van der Waals surface area (Å²) < 4.78 is 5.79. The van der Waals surface area contributed by atoms with Gasteiger partial charge >= 0.3 is 0 Å². The minimum atomic E-state index is -0.0897. The Morgan fingerprint density at radius 2 is 1.97 bits per heavy atom. The van der Waals surface area contributed by atoms with Crippen molar-refractivity contribution in [2.75, 3.05) is 19.7 Å². The lowest BCUT2D eigenvalue weighted by Gasteiger charge is -2.21. The maximum Gasteiger partial charge on any atom is 0.264 e. The smallest absolute Gasteiger partial charge is 0.264 e. The van der Waals surface area contributed by atoms with Crippen LogP contribution in [0.3, 0.4) is 0 Å². The van der Waals surface area contributed by atoms with Crippen molar-refractivity contribution in [3.63, 3.8) is 0 Å². The topological polar surface area (TPSA) is 41.9 Å². The van der Waals surface area contributed by atoms with E-state index >= 15 is 0 Å². The number of aliphatic imine (C=N–C) groups is 1. The average molecular weight is 459 g/mol. The molecule has 1 heterocycles. The van der Waals surface area contributed by atoms with E-state index in [4.69, 9.17) is 27.9 Å². The summed E-state index contributed by atoms with van der Waals surface area (Å²) in [6.07, 6.45) is 0. The van der Waals surface area contributed by atoms with Crippen LogP contribution in [0.4, 0.5) is 0 Å². The zero-order valence-corrected chi connectivity index (χ0v) is 18.7. The molecule has 1 aliphatic heterocycles. The molecule has 7 heteroatoms. The molecule has 0 radical (unpaired) electrons. The number of nitrogens with zero attached hydrogens (tertiary/aromatic N) is 2. The predicted molar refractivity (Wildman–Crippen MR) is 126 cm³/mol. The predicted octanol–water partition coefficient (Wildman–Crippen LogP) is 6.29. The number of hydrogen-bond acceptors (Lipinski definition) is 4. The molecule has 0 atom stereocenters. The molecular weight excluding hydrogens is 439 g/mol. The van der Waals surface area contributed by atoms with Crippen LogP contribution in [0.25, 0.3) is 10.8 Å². The molecule has 30 heavy (non-hydrogen) atoms. The van der Waals surface area contributed by atoms with Gasteiger partial charge in [0.05, 0.1) is 28.8 Å². The van der Waals surface area contributed by atoms with Crippen molar-refractivity contribution in [3.8, 4) is 5.75 Å². The van der Waals surface area contributed by atoms with Crippen LogP contribution in [0.2, 0.25) is 10.0 Å². The number of carbonyl (C=O) groups excluding carboxylic acids is 1. The third-order valence-corrected chi connectivity index (χ3v) is 6.63. The van der Waals surface area contributed by atoms with Gasteiger partial charge in [-0.2, -0.15) is 0 Å². The summed E-state index contributed by atoms with van der Waals surface area (Å²) in [7, 11) is 0. The highest BCUT2D eigenvalue weighted by molar-refractivity contribution is 8.13. The Hall–Kier alpha value is -2.21. The first-order valence-electron chi connectivity index (χ1n) is 9.66. The lowest BCUT2D eigenvalue weighted by molar-refractivity contribution is 0.0858. The number of ether oxygens (including phenoxy) is 1. The molecule has 0 saturated heterocycles. The maximum atomic E-state index is 13.6. The molecule has 0 fully saturated rings. The van der Waals surface area contributed by atoms with Crippen molar-refractivity contribution in [1.29, 1.82) is 0 Å². The largest absolute Gasteiger partial charge is 0.493 e. The fraction of sp³-hybridized carbons (Fsp3) is 0.217. The van der Waals surface area contributed by atoms with Crippen LogP contribution in [-0.2, 0) is 5.75 Å².